The smallest absolute Gasteiger partial charge is 0.230 e. The maximum atomic E-state index is 12.0. The van der Waals surface area contributed by atoms with Crippen molar-refractivity contribution in [1.29, 1.82) is 0 Å². The summed E-state index contributed by atoms with van der Waals surface area (Å²) in [5.41, 5.74) is 5.94. The highest BCUT2D eigenvalue weighted by molar-refractivity contribution is 5.83. The number of amides is 1. The van der Waals surface area contributed by atoms with E-state index in [0.29, 0.717) is 19.8 Å². The molecule has 6 nitrogen and oxygen atoms in total. The molecule has 6 heteroatoms. The third-order valence-electron chi connectivity index (χ3n) is 3.09. The Balaban J connectivity index is 1.94. The average molecular weight is 236 g/mol. The van der Waals surface area contributed by atoms with Gasteiger partial charge in [0, 0.05) is 12.2 Å². The minimum absolute atomic E-state index is 0.104. The zero-order valence-electron chi connectivity index (χ0n) is 9.72. The lowest BCUT2D eigenvalue weighted by Crippen LogP contribution is -2.49. The first-order valence-corrected chi connectivity index (χ1v) is 5.51. The van der Waals surface area contributed by atoms with Gasteiger partial charge in [-0.3, -0.25) is 4.79 Å². The first-order chi connectivity index (χ1) is 8.13. The van der Waals surface area contributed by atoms with E-state index in [0.717, 1.165) is 5.69 Å². The van der Waals surface area contributed by atoms with Gasteiger partial charge in [-0.25, -0.2) is 0 Å². The van der Waals surface area contributed by atoms with E-state index in [-0.39, 0.29) is 11.9 Å². The number of rotatable bonds is 3. The van der Waals surface area contributed by atoms with Gasteiger partial charge in [-0.1, -0.05) is 0 Å². The highest BCUT2D eigenvalue weighted by Gasteiger charge is 2.44. The van der Waals surface area contributed by atoms with Gasteiger partial charge < -0.3 is 15.8 Å². The number of hydrogen-bond acceptors (Lipinski definition) is 5. The van der Waals surface area contributed by atoms with Crippen LogP contribution in [-0.4, -0.2) is 35.4 Å². The predicted octanol–water partition coefficient (Wildman–Crippen LogP) is -0.543. The number of nitrogens with one attached hydrogen (secondary N) is 1. The fourth-order valence-electron chi connectivity index (χ4n) is 1.72. The number of ether oxygens (including phenoxy) is 1. The van der Waals surface area contributed by atoms with Crippen LogP contribution in [0.1, 0.15) is 12.6 Å². The molecule has 1 fully saturated rings. The van der Waals surface area contributed by atoms with Crippen molar-refractivity contribution in [3.8, 4) is 0 Å². The first kappa shape index (κ1) is 11.9. The topological polar surface area (TPSA) is 90.1 Å². The van der Waals surface area contributed by atoms with Crippen LogP contribution in [0.5, 0.6) is 0 Å². The van der Waals surface area contributed by atoms with Crippen LogP contribution in [0, 0.1) is 5.41 Å². The standard InChI is InChI=1S/C11H16N4O2/c1-11(7-17-6-9(11)12)10(16)13-5-8-3-2-4-14-15-8/h2-4,9H,5-7,12H2,1H3,(H,13,16). The Morgan fingerprint density at radius 1 is 1.76 bits per heavy atom. The lowest BCUT2D eigenvalue weighted by atomic mass is 9.85. The molecule has 1 aromatic rings. The molecule has 1 aromatic heterocycles. The third kappa shape index (κ3) is 2.42. The Hall–Kier alpha value is -1.53. The number of nitrogens with two attached hydrogens (primary N) is 1. The summed E-state index contributed by atoms with van der Waals surface area (Å²) in [5.74, 6) is -0.104. The molecule has 92 valence electrons. The van der Waals surface area contributed by atoms with Crippen molar-refractivity contribution < 1.29 is 9.53 Å². The van der Waals surface area contributed by atoms with Gasteiger partial charge in [-0.15, -0.1) is 0 Å². The van der Waals surface area contributed by atoms with Gasteiger partial charge >= 0.3 is 0 Å². The van der Waals surface area contributed by atoms with Crippen LogP contribution in [0.15, 0.2) is 18.3 Å². The molecule has 3 N–H and O–H groups in total. The molecule has 0 aliphatic carbocycles. The number of aromatic nitrogens is 2. The number of hydrogen-bond donors (Lipinski definition) is 2. The van der Waals surface area contributed by atoms with E-state index in [1.165, 1.54) is 0 Å². The van der Waals surface area contributed by atoms with Crippen LogP contribution in [0.2, 0.25) is 0 Å². The molecule has 2 unspecified atom stereocenters. The number of carbonyl (C=O) groups is 1. The summed E-state index contributed by atoms with van der Waals surface area (Å²) < 4.78 is 5.23. The van der Waals surface area contributed by atoms with E-state index in [1.54, 1.807) is 18.3 Å². The van der Waals surface area contributed by atoms with Crippen molar-refractivity contribution in [2.45, 2.75) is 19.5 Å². The van der Waals surface area contributed by atoms with Gasteiger partial charge in [0.05, 0.1) is 30.9 Å². The Morgan fingerprint density at radius 3 is 3.18 bits per heavy atom. The molecule has 2 atom stereocenters. The molecular formula is C11H16N4O2. The SMILES string of the molecule is CC1(C(=O)NCc2cccnn2)COCC1N. The van der Waals surface area contributed by atoms with Crippen molar-refractivity contribution in [3.05, 3.63) is 24.0 Å². The van der Waals surface area contributed by atoms with Crippen molar-refractivity contribution in [2.75, 3.05) is 13.2 Å². The van der Waals surface area contributed by atoms with Crippen LogP contribution in [0.3, 0.4) is 0 Å². The molecule has 0 spiro atoms. The van der Waals surface area contributed by atoms with Crippen LogP contribution in [-0.2, 0) is 16.1 Å². The average Bonchev–Trinajstić information content (AvgIpc) is 2.69. The van der Waals surface area contributed by atoms with Gasteiger partial charge in [0.25, 0.3) is 0 Å². The monoisotopic (exact) mass is 236 g/mol. The molecular weight excluding hydrogens is 220 g/mol. The van der Waals surface area contributed by atoms with Crippen LogP contribution < -0.4 is 11.1 Å². The predicted molar refractivity (Wildman–Crippen MR) is 60.8 cm³/mol. The van der Waals surface area contributed by atoms with E-state index in [4.69, 9.17) is 10.5 Å². The third-order valence-corrected chi connectivity index (χ3v) is 3.09. The fraction of sp³-hybridized carbons (Fsp3) is 0.545. The van der Waals surface area contributed by atoms with E-state index in [1.807, 2.05) is 6.92 Å². The molecule has 1 amide bonds. The van der Waals surface area contributed by atoms with Gasteiger partial charge in [-0.05, 0) is 19.1 Å². The van der Waals surface area contributed by atoms with Gasteiger partial charge in [0.15, 0.2) is 0 Å². The molecule has 0 bridgehead atoms. The lowest BCUT2D eigenvalue weighted by molar-refractivity contribution is -0.130. The fourth-order valence-corrected chi connectivity index (χ4v) is 1.72. The van der Waals surface area contributed by atoms with E-state index >= 15 is 0 Å². The summed E-state index contributed by atoms with van der Waals surface area (Å²) in [4.78, 5) is 12.0. The van der Waals surface area contributed by atoms with Gasteiger partial charge in [-0.2, -0.15) is 10.2 Å². The Labute approximate surface area is 99.6 Å². The van der Waals surface area contributed by atoms with E-state index < -0.39 is 5.41 Å². The normalized spacial score (nSPS) is 28.0. The van der Waals surface area contributed by atoms with Gasteiger partial charge in [0.1, 0.15) is 0 Å². The molecule has 17 heavy (non-hydrogen) atoms. The van der Waals surface area contributed by atoms with Crippen molar-refractivity contribution in [3.63, 3.8) is 0 Å². The summed E-state index contributed by atoms with van der Waals surface area (Å²) >= 11 is 0. The molecule has 0 aromatic carbocycles. The molecule has 1 saturated heterocycles. The van der Waals surface area contributed by atoms with E-state index in [9.17, 15) is 4.79 Å². The van der Waals surface area contributed by atoms with Crippen LogP contribution >= 0.6 is 0 Å². The van der Waals surface area contributed by atoms with Crippen molar-refractivity contribution in [1.82, 2.24) is 15.5 Å². The zero-order chi connectivity index (χ0) is 12.3. The molecule has 2 rings (SSSR count). The first-order valence-electron chi connectivity index (χ1n) is 5.51. The maximum absolute atomic E-state index is 12.0. The minimum Gasteiger partial charge on any atom is -0.379 e. The summed E-state index contributed by atoms with van der Waals surface area (Å²) in [7, 11) is 0. The second kappa shape index (κ2) is 4.77. The second-order valence-electron chi connectivity index (χ2n) is 4.44. The van der Waals surface area contributed by atoms with Crippen molar-refractivity contribution in [2.24, 2.45) is 11.1 Å². The lowest BCUT2D eigenvalue weighted by Gasteiger charge is -2.25. The van der Waals surface area contributed by atoms with Crippen LogP contribution in [0.4, 0.5) is 0 Å². The summed E-state index contributed by atoms with van der Waals surface area (Å²) in [6.07, 6.45) is 1.59. The Bertz CT molecular complexity index is 398. The Morgan fingerprint density at radius 2 is 2.59 bits per heavy atom. The largest absolute Gasteiger partial charge is 0.379 e. The quantitative estimate of drug-likeness (QED) is 0.735. The molecule has 0 saturated carbocycles. The number of nitrogens with zero attached hydrogens (tertiary/aromatic N) is 2. The number of carbonyl (C=O) groups excluding carboxylic acids is 1. The zero-order valence-corrected chi connectivity index (χ0v) is 9.72. The minimum atomic E-state index is -0.651. The summed E-state index contributed by atoms with van der Waals surface area (Å²) in [6.45, 7) is 2.96. The van der Waals surface area contributed by atoms with Crippen molar-refractivity contribution >= 4 is 5.91 Å². The summed E-state index contributed by atoms with van der Waals surface area (Å²) in [5, 5.41) is 10.4. The highest BCUT2D eigenvalue weighted by atomic mass is 16.5. The highest BCUT2D eigenvalue weighted by Crippen LogP contribution is 2.27. The molecule has 0 radical (unpaired) electrons. The molecule has 2 heterocycles. The Kier molecular flexibility index (Phi) is 3.35. The summed E-state index contributed by atoms with van der Waals surface area (Å²) in [6, 6.07) is 3.32. The van der Waals surface area contributed by atoms with Crippen LogP contribution in [0.25, 0.3) is 0 Å². The maximum Gasteiger partial charge on any atom is 0.230 e. The molecule has 1 aliphatic heterocycles. The second-order valence-corrected chi connectivity index (χ2v) is 4.44. The molecule has 1 aliphatic rings. The van der Waals surface area contributed by atoms with E-state index in [2.05, 4.69) is 15.5 Å². The van der Waals surface area contributed by atoms with Gasteiger partial charge in [0.2, 0.25) is 5.91 Å².